The molecule has 0 spiro atoms. The maximum atomic E-state index is 15.6. The lowest BCUT2D eigenvalue weighted by molar-refractivity contribution is 0.0673. The first-order valence-corrected chi connectivity index (χ1v) is 14.0. The molecule has 2 aromatic heterocycles. The highest BCUT2D eigenvalue weighted by Crippen LogP contribution is 2.45. The van der Waals surface area contributed by atoms with Crippen LogP contribution in [0.1, 0.15) is 75.3 Å². The van der Waals surface area contributed by atoms with E-state index in [0.717, 1.165) is 31.0 Å². The normalized spacial score (nSPS) is 14.9. The molecule has 0 radical (unpaired) electrons. The van der Waals surface area contributed by atoms with Crippen molar-refractivity contribution in [3.63, 3.8) is 0 Å². The minimum atomic E-state index is -3.05. The van der Waals surface area contributed by atoms with Crippen molar-refractivity contribution in [2.24, 2.45) is 0 Å². The summed E-state index contributed by atoms with van der Waals surface area (Å²) in [5.41, 5.74) is 3.75. The Morgan fingerprint density at radius 2 is 1.86 bits per heavy atom. The number of aromatic nitrogens is 4. The van der Waals surface area contributed by atoms with Gasteiger partial charge in [-0.2, -0.15) is 4.98 Å². The van der Waals surface area contributed by atoms with E-state index in [4.69, 9.17) is 9.47 Å². The number of hydrogen-bond acceptors (Lipinski definition) is 6. The van der Waals surface area contributed by atoms with Gasteiger partial charge in [0.15, 0.2) is 5.82 Å². The van der Waals surface area contributed by atoms with Crippen molar-refractivity contribution >= 4 is 11.6 Å². The van der Waals surface area contributed by atoms with Crippen molar-refractivity contribution in [3.8, 4) is 23.1 Å². The number of allylic oxidation sites excluding steroid dienone is 6. The van der Waals surface area contributed by atoms with Crippen LogP contribution in [-0.2, 0) is 6.61 Å². The van der Waals surface area contributed by atoms with Crippen molar-refractivity contribution in [1.82, 2.24) is 19.9 Å². The van der Waals surface area contributed by atoms with Crippen LogP contribution in [0.5, 0.6) is 11.8 Å². The van der Waals surface area contributed by atoms with Crippen LogP contribution in [0.3, 0.4) is 0 Å². The van der Waals surface area contributed by atoms with Crippen LogP contribution in [0.15, 0.2) is 66.7 Å². The number of nitrogens with zero attached hydrogens (tertiary/aromatic N) is 4. The van der Waals surface area contributed by atoms with Crippen molar-refractivity contribution < 1.29 is 22.6 Å². The molecule has 6 nitrogen and oxygen atoms in total. The van der Waals surface area contributed by atoms with Gasteiger partial charge in [-0.1, -0.05) is 44.2 Å². The Labute approximate surface area is 244 Å². The minimum absolute atomic E-state index is 0.0124. The topological polar surface area (TPSA) is 70.0 Å². The molecule has 1 fully saturated rings. The first kappa shape index (κ1) is 30.7. The predicted molar refractivity (Wildman–Crippen MR) is 159 cm³/mol. The first-order chi connectivity index (χ1) is 20.2. The van der Waals surface area contributed by atoms with Gasteiger partial charge in [-0.3, -0.25) is 0 Å². The second-order valence-corrected chi connectivity index (χ2v) is 10.0. The van der Waals surface area contributed by atoms with Gasteiger partial charge in [0, 0.05) is 36.2 Å². The van der Waals surface area contributed by atoms with E-state index in [2.05, 4.69) is 26.5 Å². The van der Waals surface area contributed by atoms with Gasteiger partial charge < -0.3 is 9.47 Å². The van der Waals surface area contributed by atoms with Crippen LogP contribution in [0.25, 0.3) is 23.0 Å². The summed E-state index contributed by atoms with van der Waals surface area (Å²) in [6, 6.07) is 4.68. The van der Waals surface area contributed by atoms with Crippen LogP contribution >= 0.6 is 0 Å². The number of benzene rings is 1. The van der Waals surface area contributed by atoms with Crippen LogP contribution in [-0.4, -0.2) is 33.0 Å². The second kappa shape index (κ2) is 13.1. The van der Waals surface area contributed by atoms with E-state index in [1.54, 1.807) is 24.4 Å². The second-order valence-electron chi connectivity index (χ2n) is 10.0. The summed E-state index contributed by atoms with van der Waals surface area (Å²) in [6.45, 7) is 10.5. The Morgan fingerprint density at radius 1 is 1.10 bits per heavy atom. The summed E-state index contributed by atoms with van der Waals surface area (Å²) in [7, 11) is 1.53. The summed E-state index contributed by atoms with van der Waals surface area (Å²) in [4.78, 5) is 17.6. The van der Waals surface area contributed by atoms with Gasteiger partial charge in [0.1, 0.15) is 24.3 Å². The molecule has 3 aromatic rings. The van der Waals surface area contributed by atoms with Crippen LogP contribution in [0.4, 0.5) is 13.2 Å². The summed E-state index contributed by atoms with van der Waals surface area (Å²) < 4.78 is 55.2. The number of ether oxygens (including phenoxy) is 2. The van der Waals surface area contributed by atoms with Gasteiger partial charge in [0.25, 0.3) is 5.92 Å². The van der Waals surface area contributed by atoms with Gasteiger partial charge in [-0.05, 0) is 61.1 Å². The smallest absolute Gasteiger partial charge is 0.270 e. The molecule has 42 heavy (non-hydrogen) atoms. The lowest BCUT2D eigenvalue weighted by atomic mass is 9.94. The zero-order valence-electron chi connectivity index (χ0n) is 24.5. The Hall–Kier alpha value is -4.27. The molecule has 1 saturated carbocycles. The Morgan fingerprint density at radius 3 is 2.52 bits per heavy atom. The molecule has 0 bridgehead atoms. The third-order valence-electron chi connectivity index (χ3n) is 6.79. The third kappa shape index (κ3) is 6.95. The fraction of sp³-hybridized carbons (Fsp3) is 0.333. The Balaban J connectivity index is 0.00000198. The number of hydrogen-bond donors (Lipinski definition) is 0. The number of alkyl halides is 2. The molecule has 0 unspecified atom stereocenters. The fourth-order valence-corrected chi connectivity index (χ4v) is 4.66. The van der Waals surface area contributed by atoms with E-state index in [0.29, 0.717) is 46.3 Å². The monoisotopic (exact) mass is 576 g/mol. The maximum absolute atomic E-state index is 15.6. The zero-order chi connectivity index (χ0) is 30.4. The number of methoxy groups -OCH3 is 1. The maximum Gasteiger partial charge on any atom is 0.270 e. The highest BCUT2D eigenvalue weighted by atomic mass is 19.3. The average Bonchev–Trinajstić information content (AvgIpc) is 3.84. The number of rotatable bonds is 9. The molecule has 0 atom stereocenters. The third-order valence-corrected chi connectivity index (χ3v) is 6.79. The summed E-state index contributed by atoms with van der Waals surface area (Å²) in [5.74, 6) is -2.24. The van der Waals surface area contributed by atoms with Crippen molar-refractivity contribution in [2.75, 3.05) is 7.11 Å². The molecule has 0 saturated heterocycles. The van der Waals surface area contributed by atoms with E-state index in [9.17, 15) is 8.78 Å². The molecule has 1 aromatic carbocycles. The highest BCUT2D eigenvalue weighted by molar-refractivity contribution is 5.83. The molecule has 9 heteroatoms. The standard InChI is InChI=1S/C31H29F3N4O2.C2H6/c1-5-20-13-19(14-24(32)26(20)22-12-18(2)6-9-23(15-22)31(3,33)34)16-40-25-10-11-35-29(38-25)27-28(21-7-8-21)36-17-37-30(27)39-4;1-2/h5,9-15,17,21H,1,6-8,16H2,2-4H3;1-2H3. The van der Waals surface area contributed by atoms with Crippen LogP contribution in [0, 0.1) is 5.82 Å². The SMILES string of the molecule is C=Cc1cc(COc2ccnc(-c3c(OC)ncnc3C3CC3)n2)cc(F)c1C1=CC(C(C)(F)F)=CCC(C)=C1.CC. The molecular weight excluding hydrogens is 541 g/mol. The molecule has 5 rings (SSSR count). The Bertz CT molecular complexity index is 1550. The van der Waals surface area contributed by atoms with Crippen molar-refractivity contribution in [1.29, 1.82) is 0 Å². The molecule has 220 valence electrons. The van der Waals surface area contributed by atoms with Gasteiger partial charge in [0.05, 0.1) is 12.8 Å². The van der Waals surface area contributed by atoms with Crippen LogP contribution < -0.4 is 9.47 Å². The molecule has 0 N–H and O–H groups in total. The van der Waals surface area contributed by atoms with E-state index in [1.165, 1.54) is 37.7 Å². The molecule has 2 heterocycles. The zero-order valence-corrected chi connectivity index (χ0v) is 24.5. The van der Waals surface area contributed by atoms with E-state index in [1.807, 2.05) is 20.8 Å². The van der Waals surface area contributed by atoms with Crippen LogP contribution in [0.2, 0.25) is 0 Å². The molecule has 2 aliphatic rings. The first-order valence-electron chi connectivity index (χ1n) is 14.0. The lowest BCUT2D eigenvalue weighted by Gasteiger charge is -2.15. The van der Waals surface area contributed by atoms with E-state index < -0.39 is 11.7 Å². The molecular formula is C33H35F3N4O2. The van der Waals surface area contributed by atoms with E-state index >= 15 is 4.39 Å². The van der Waals surface area contributed by atoms with Crippen molar-refractivity contribution in [3.05, 3.63) is 94.9 Å². The lowest BCUT2D eigenvalue weighted by Crippen LogP contribution is -2.12. The number of halogens is 3. The summed E-state index contributed by atoms with van der Waals surface area (Å²) >= 11 is 0. The van der Waals surface area contributed by atoms with Crippen molar-refractivity contribution in [2.45, 2.75) is 65.4 Å². The summed E-state index contributed by atoms with van der Waals surface area (Å²) in [6.07, 6.45) is 11.5. The largest absolute Gasteiger partial charge is 0.480 e. The quantitative estimate of drug-likeness (QED) is 0.254. The predicted octanol–water partition coefficient (Wildman–Crippen LogP) is 8.52. The average molecular weight is 577 g/mol. The van der Waals surface area contributed by atoms with Gasteiger partial charge >= 0.3 is 0 Å². The van der Waals surface area contributed by atoms with Gasteiger partial charge in [-0.15, -0.1) is 0 Å². The minimum Gasteiger partial charge on any atom is -0.480 e. The molecule has 0 aliphatic heterocycles. The molecule has 0 amide bonds. The van der Waals surface area contributed by atoms with E-state index in [-0.39, 0.29) is 23.6 Å². The fourth-order valence-electron chi connectivity index (χ4n) is 4.66. The summed E-state index contributed by atoms with van der Waals surface area (Å²) in [5, 5.41) is 0. The molecule has 2 aliphatic carbocycles. The highest BCUT2D eigenvalue weighted by Gasteiger charge is 2.31. The Kier molecular flexibility index (Phi) is 9.60. The van der Waals surface area contributed by atoms with Gasteiger partial charge in [0.2, 0.25) is 11.8 Å². The van der Waals surface area contributed by atoms with Gasteiger partial charge in [-0.25, -0.2) is 28.1 Å².